The summed E-state index contributed by atoms with van der Waals surface area (Å²) in [5.74, 6) is -0.315. The molecule has 0 bridgehead atoms. The second-order valence-corrected chi connectivity index (χ2v) is 6.32. The molecular formula is C20H23N3O2. The highest BCUT2D eigenvalue weighted by molar-refractivity contribution is 5.96. The summed E-state index contributed by atoms with van der Waals surface area (Å²) in [6.45, 7) is 3.05. The van der Waals surface area contributed by atoms with E-state index < -0.39 is 0 Å². The van der Waals surface area contributed by atoms with Crippen molar-refractivity contribution in [1.29, 1.82) is 0 Å². The summed E-state index contributed by atoms with van der Waals surface area (Å²) >= 11 is 0. The van der Waals surface area contributed by atoms with Crippen LogP contribution in [0.3, 0.4) is 0 Å². The van der Waals surface area contributed by atoms with Crippen LogP contribution in [0.5, 0.6) is 0 Å². The van der Waals surface area contributed by atoms with Crippen molar-refractivity contribution < 1.29 is 9.59 Å². The zero-order valence-corrected chi connectivity index (χ0v) is 14.2. The van der Waals surface area contributed by atoms with Crippen LogP contribution in [0.25, 0.3) is 16.8 Å². The first-order chi connectivity index (χ1) is 12.1. The lowest BCUT2D eigenvalue weighted by atomic mass is 10.0. The predicted octanol–water partition coefficient (Wildman–Crippen LogP) is 1.87. The van der Waals surface area contributed by atoms with Crippen LogP contribution in [0.15, 0.2) is 48.5 Å². The topological polar surface area (TPSA) is 66.6 Å². The highest BCUT2D eigenvalue weighted by atomic mass is 16.2. The van der Waals surface area contributed by atoms with Gasteiger partial charge in [-0.05, 0) is 28.8 Å². The van der Waals surface area contributed by atoms with E-state index in [4.69, 9.17) is 5.73 Å². The predicted molar refractivity (Wildman–Crippen MR) is 99.8 cm³/mol. The molecule has 0 spiro atoms. The lowest BCUT2D eigenvalue weighted by Crippen LogP contribution is -2.37. The van der Waals surface area contributed by atoms with Gasteiger partial charge in [-0.1, -0.05) is 42.5 Å². The third kappa shape index (κ3) is 4.45. The molecule has 0 unspecified atom stereocenters. The van der Waals surface area contributed by atoms with Crippen LogP contribution >= 0.6 is 0 Å². The first kappa shape index (κ1) is 17.2. The van der Waals surface area contributed by atoms with Crippen molar-refractivity contribution in [1.82, 2.24) is 9.80 Å². The standard InChI is InChI=1S/C20H23N3O2/c21-19(24)15-22-11-4-12-23(14-13-22)20(25)10-9-17-7-3-6-16-5-1-2-8-18(16)17/h1-3,5-10H,4,11-15H2,(H2,21,24). The van der Waals surface area contributed by atoms with Gasteiger partial charge < -0.3 is 10.6 Å². The van der Waals surface area contributed by atoms with Crippen molar-refractivity contribution in [2.75, 3.05) is 32.7 Å². The molecule has 0 radical (unpaired) electrons. The average Bonchev–Trinajstić information content (AvgIpc) is 2.84. The third-order valence-corrected chi connectivity index (χ3v) is 4.51. The summed E-state index contributed by atoms with van der Waals surface area (Å²) in [5.41, 5.74) is 6.29. The van der Waals surface area contributed by atoms with E-state index in [0.717, 1.165) is 29.3 Å². The fraction of sp³-hybridized carbons (Fsp3) is 0.300. The van der Waals surface area contributed by atoms with Crippen LogP contribution < -0.4 is 5.73 Å². The normalized spacial score (nSPS) is 16.2. The molecule has 2 N–H and O–H groups in total. The van der Waals surface area contributed by atoms with Gasteiger partial charge in [0.15, 0.2) is 0 Å². The Labute approximate surface area is 147 Å². The average molecular weight is 337 g/mol. The lowest BCUT2D eigenvalue weighted by Gasteiger charge is -2.20. The Morgan fingerprint density at radius 2 is 1.80 bits per heavy atom. The number of amides is 2. The van der Waals surface area contributed by atoms with Gasteiger partial charge in [0.1, 0.15) is 0 Å². The Kier molecular flexibility index (Phi) is 5.46. The van der Waals surface area contributed by atoms with E-state index in [1.807, 2.05) is 40.1 Å². The number of carbonyl (C=O) groups is 2. The molecular weight excluding hydrogens is 314 g/mol. The number of fused-ring (bicyclic) bond motifs is 1. The number of hydrogen-bond donors (Lipinski definition) is 1. The molecule has 0 aliphatic carbocycles. The number of nitrogens with two attached hydrogens (primary N) is 1. The Hall–Kier alpha value is -2.66. The summed E-state index contributed by atoms with van der Waals surface area (Å²) in [4.78, 5) is 27.4. The van der Waals surface area contributed by atoms with E-state index in [9.17, 15) is 9.59 Å². The van der Waals surface area contributed by atoms with E-state index >= 15 is 0 Å². The summed E-state index contributed by atoms with van der Waals surface area (Å²) in [7, 11) is 0. The molecule has 1 aliphatic heterocycles. The molecule has 5 nitrogen and oxygen atoms in total. The number of nitrogens with zero attached hydrogens (tertiary/aromatic N) is 2. The molecule has 130 valence electrons. The van der Waals surface area contributed by atoms with Crippen LogP contribution in [0, 0.1) is 0 Å². The van der Waals surface area contributed by atoms with Crippen molar-refractivity contribution in [3.05, 3.63) is 54.1 Å². The van der Waals surface area contributed by atoms with E-state index in [2.05, 4.69) is 18.2 Å². The molecule has 2 aromatic rings. The van der Waals surface area contributed by atoms with E-state index in [1.165, 1.54) is 0 Å². The summed E-state index contributed by atoms with van der Waals surface area (Å²) in [6, 6.07) is 14.2. The minimum atomic E-state index is -0.323. The van der Waals surface area contributed by atoms with Gasteiger partial charge in [-0.2, -0.15) is 0 Å². The smallest absolute Gasteiger partial charge is 0.246 e. The van der Waals surface area contributed by atoms with Gasteiger partial charge in [-0.25, -0.2) is 0 Å². The first-order valence-electron chi connectivity index (χ1n) is 8.59. The Balaban J connectivity index is 1.67. The molecule has 1 saturated heterocycles. The molecule has 1 heterocycles. The van der Waals surface area contributed by atoms with E-state index in [0.29, 0.717) is 19.6 Å². The van der Waals surface area contributed by atoms with Crippen LogP contribution in [0.4, 0.5) is 0 Å². The molecule has 1 aliphatic rings. The highest BCUT2D eigenvalue weighted by Crippen LogP contribution is 2.19. The second-order valence-electron chi connectivity index (χ2n) is 6.32. The van der Waals surface area contributed by atoms with Gasteiger partial charge in [0.05, 0.1) is 6.54 Å². The Bertz CT molecular complexity index is 795. The number of carbonyl (C=O) groups excluding carboxylic acids is 2. The van der Waals surface area contributed by atoms with Gasteiger partial charge in [0.2, 0.25) is 11.8 Å². The number of primary amides is 1. The highest BCUT2D eigenvalue weighted by Gasteiger charge is 2.18. The summed E-state index contributed by atoms with van der Waals surface area (Å²) < 4.78 is 0. The summed E-state index contributed by atoms with van der Waals surface area (Å²) in [6.07, 6.45) is 4.38. The monoisotopic (exact) mass is 337 g/mol. The first-order valence-corrected chi connectivity index (χ1v) is 8.59. The zero-order valence-electron chi connectivity index (χ0n) is 14.2. The van der Waals surface area contributed by atoms with Crippen LogP contribution in [-0.2, 0) is 9.59 Å². The maximum absolute atomic E-state index is 12.5. The SMILES string of the molecule is NC(=O)CN1CCCN(C(=O)C=Cc2cccc3ccccc23)CC1. The van der Waals surface area contributed by atoms with Gasteiger partial charge in [0.25, 0.3) is 0 Å². The molecule has 0 aromatic heterocycles. The fourth-order valence-corrected chi connectivity index (χ4v) is 3.23. The van der Waals surface area contributed by atoms with Crippen molar-refractivity contribution in [3.63, 3.8) is 0 Å². The second kappa shape index (κ2) is 7.94. The quantitative estimate of drug-likeness (QED) is 0.866. The number of rotatable bonds is 4. The van der Waals surface area contributed by atoms with Crippen LogP contribution in [0.1, 0.15) is 12.0 Å². The molecule has 0 atom stereocenters. The minimum Gasteiger partial charge on any atom is -0.369 e. The van der Waals surface area contributed by atoms with Gasteiger partial charge in [-0.3, -0.25) is 14.5 Å². The van der Waals surface area contributed by atoms with Crippen molar-refractivity contribution in [3.8, 4) is 0 Å². The molecule has 2 aromatic carbocycles. The van der Waals surface area contributed by atoms with Crippen LogP contribution in [-0.4, -0.2) is 54.3 Å². The molecule has 3 rings (SSSR count). The Morgan fingerprint density at radius 3 is 2.64 bits per heavy atom. The molecule has 2 amide bonds. The third-order valence-electron chi connectivity index (χ3n) is 4.51. The van der Waals surface area contributed by atoms with Gasteiger partial charge >= 0.3 is 0 Å². The molecule has 1 fully saturated rings. The maximum atomic E-state index is 12.5. The number of hydrogen-bond acceptors (Lipinski definition) is 3. The molecule has 0 saturated carbocycles. The Morgan fingerprint density at radius 1 is 1.00 bits per heavy atom. The minimum absolute atomic E-state index is 0.00820. The largest absolute Gasteiger partial charge is 0.369 e. The lowest BCUT2D eigenvalue weighted by molar-refractivity contribution is -0.125. The fourth-order valence-electron chi connectivity index (χ4n) is 3.23. The van der Waals surface area contributed by atoms with Gasteiger partial charge in [0, 0.05) is 32.3 Å². The van der Waals surface area contributed by atoms with Crippen molar-refractivity contribution in [2.45, 2.75) is 6.42 Å². The van der Waals surface area contributed by atoms with Crippen molar-refractivity contribution >= 4 is 28.7 Å². The molecule has 25 heavy (non-hydrogen) atoms. The van der Waals surface area contributed by atoms with Crippen LogP contribution in [0.2, 0.25) is 0 Å². The van der Waals surface area contributed by atoms with Gasteiger partial charge in [-0.15, -0.1) is 0 Å². The van der Waals surface area contributed by atoms with E-state index in [1.54, 1.807) is 6.08 Å². The van der Waals surface area contributed by atoms with E-state index in [-0.39, 0.29) is 18.4 Å². The molecule has 5 heteroatoms. The number of benzene rings is 2. The maximum Gasteiger partial charge on any atom is 0.246 e. The summed E-state index contributed by atoms with van der Waals surface area (Å²) in [5, 5.41) is 2.30. The zero-order chi connectivity index (χ0) is 17.6. The van der Waals surface area contributed by atoms with Crippen molar-refractivity contribution in [2.24, 2.45) is 5.73 Å².